The summed E-state index contributed by atoms with van der Waals surface area (Å²) in [6.07, 6.45) is 12.8. The van der Waals surface area contributed by atoms with Crippen LogP contribution >= 0.6 is 46.4 Å². The minimum Gasteiger partial charge on any atom is -0.395 e. The van der Waals surface area contributed by atoms with Crippen molar-refractivity contribution >= 4 is 131 Å². The fourth-order valence-electron chi connectivity index (χ4n) is 17.7. The first-order valence-corrected chi connectivity index (χ1v) is 45.9. The molecule has 20 heterocycles. The second-order valence-electron chi connectivity index (χ2n) is 35.2. The number of nitrogens with one attached hydrogen (secondary N) is 10. The highest BCUT2D eigenvalue weighted by Gasteiger charge is 2.45. The molecular formula is C91H100Cl4F6N30O3. The van der Waals surface area contributed by atoms with Gasteiger partial charge in [-0.2, -0.15) is 25.5 Å². The Balaban J connectivity index is 0.000000117. The highest BCUT2D eigenvalue weighted by Crippen LogP contribution is 2.42. The second kappa shape index (κ2) is 40.8. The summed E-state index contributed by atoms with van der Waals surface area (Å²) < 4.78 is 87.7. The number of H-pyrrole nitrogens is 5. The van der Waals surface area contributed by atoms with E-state index in [0.717, 1.165) is 69.7 Å². The molecule has 6 fully saturated rings. The zero-order valence-corrected chi connectivity index (χ0v) is 77.0. The van der Waals surface area contributed by atoms with Crippen molar-refractivity contribution in [1.82, 2.24) is 127 Å². The van der Waals surface area contributed by atoms with Gasteiger partial charge in [0.05, 0.1) is 78.5 Å². The van der Waals surface area contributed by atoms with Crippen LogP contribution in [0, 0.1) is 46.7 Å². The van der Waals surface area contributed by atoms with Crippen LogP contribution in [0.15, 0.2) is 122 Å². The van der Waals surface area contributed by atoms with Crippen LogP contribution in [-0.2, 0) is 0 Å². The standard InChI is InChI=1S/C19H20ClFN6O.C19H22ClFN6.C19H22F2N6.C18H20ClFN6O.C16H16ClFN6O/c20-12-9-13(21)16(15-11-3-1-6-23-17(11)26-25-15)24-18(12)27-8-7-22-14(10-27)19(28)4-2-5-19;1-11(2)8-12-10-27(7-6-22-12)19-14(20)9-15(21)17(24-19)16-13-4-3-5-23-18(13)26-25-16;1-11(2)8-12-10-27(7-6-22-12)19-15(21)9-14(20)17(24-19)16-13-4-3-5-23-18(13)26-25-16;1-18(2,27)13-9-26(7-6-21-13)17-11(19)8-12(20)15(23-17)14-10-4-3-5-22-16(10)25-24-14;17-11-6-12(18)14(13-10-2-1-3-20-15(10)23-22-13)21-16(11)24-5-4-19-9(7-24)8-25/h1,3,6,9,14,22,28H,2,4-5,7-8,10H2,(H,23,25,26);2*3-5,9,11-12,22H,6-8,10H2,1-2H3,(H,23,25,26);3-5,8,13,21,27H,6-7,9H2,1-2H3,(H,22,24,25);1-3,6,9,19,25H,4-5,7-8H2,(H,20,22,23)/t;2*12-;13-;9-/m.1100/s1. The molecule has 15 aromatic rings. The van der Waals surface area contributed by atoms with Crippen LogP contribution in [0.5, 0.6) is 0 Å². The summed E-state index contributed by atoms with van der Waals surface area (Å²) >= 11 is 25.3. The van der Waals surface area contributed by atoms with E-state index in [9.17, 15) is 41.7 Å². The van der Waals surface area contributed by atoms with Crippen LogP contribution in [0.3, 0.4) is 0 Å². The van der Waals surface area contributed by atoms with Gasteiger partial charge in [0.25, 0.3) is 0 Å². The summed E-state index contributed by atoms with van der Waals surface area (Å²) in [7, 11) is 0. The molecule has 0 radical (unpaired) electrons. The third kappa shape index (κ3) is 20.6. The number of aliphatic hydroxyl groups is 3. The van der Waals surface area contributed by atoms with Crippen LogP contribution in [0.4, 0.5) is 55.4 Å². The van der Waals surface area contributed by atoms with Crippen molar-refractivity contribution < 1.29 is 41.7 Å². The quantitative estimate of drug-likeness (QED) is 0.0377. The molecule has 33 nitrogen and oxygen atoms in total. The number of halogens is 10. The number of anilines is 5. The summed E-state index contributed by atoms with van der Waals surface area (Å²) in [5.41, 5.74) is 3.96. The second-order valence-corrected chi connectivity index (χ2v) is 36.9. The number of hydrogen-bond acceptors (Lipinski definition) is 28. The van der Waals surface area contributed by atoms with Gasteiger partial charge in [0.1, 0.15) is 51.7 Å². The summed E-state index contributed by atoms with van der Waals surface area (Å²) in [5.74, 6) is -0.0411. The number of hydrogen-bond donors (Lipinski definition) is 13. The van der Waals surface area contributed by atoms with Gasteiger partial charge in [0.15, 0.2) is 69.0 Å². The molecule has 1 aliphatic carbocycles. The van der Waals surface area contributed by atoms with Gasteiger partial charge in [0, 0.05) is 180 Å². The Bertz CT molecular complexity index is 6520. The average Bonchev–Trinajstić information content (AvgIpc) is 1.49. The maximum Gasteiger partial charge on any atom is 0.181 e. The van der Waals surface area contributed by atoms with Crippen LogP contribution in [0.2, 0.25) is 20.1 Å². The fourth-order valence-corrected chi connectivity index (χ4v) is 18.7. The maximum absolute atomic E-state index is 14.7. The van der Waals surface area contributed by atoms with Gasteiger partial charge in [-0.25, -0.2) is 76.2 Å². The number of aromatic nitrogens is 20. The molecule has 6 aliphatic rings. The molecule has 5 saturated heterocycles. The van der Waals surface area contributed by atoms with Gasteiger partial charge in [-0.1, -0.05) is 74.1 Å². The van der Waals surface area contributed by atoms with Crippen molar-refractivity contribution in [3.8, 4) is 56.9 Å². The summed E-state index contributed by atoms with van der Waals surface area (Å²) in [6, 6.07) is 24.3. The number of fused-ring (bicyclic) bond motifs is 5. The SMILES string of the molecule is CC(C)(O)[C@@H]1CN(c2nc(-c3[nH]nc4ncccc34)c(F)cc2Cl)CCN1.CC(C)C[C@@H]1CN(c2nc(-c3[nH]nc4ncccc34)c(F)cc2Cl)CCN1.CC(C)C[C@@H]1CN(c2nc(-c3[nH]nc4ncccc34)c(F)cc2F)CCN1.OC1(C2CN(c3nc(-c4[nH]nc5ncccc45)c(F)cc3Cl)CCN2)CCC1.OC[C@@H]1CN(c2nc(-c3[nH]nc4ncccc34)c(F)cc2Cl)CCN1. The Morgan fingerprint density at radius 3 is 0.985 bits per heavy atom. The highest BCUT2D eigenvalue weighted by molar-refractivity contribution is 6.34. The molecule has 43 heteroatoms. The van der Waals surface area contributed by atoms with E-state index in [4.69, 9.17) is 46.4 Å². The molecule has 1 unspecified atom stereocenters. The summed E-state index contributed by atoms with van der Waals surface area (Å²) in [6.45, 7) is 22.3. The third-order valence-corrected chi connectivity index (χ3v) is 25.6. The smallest absolute Gasteiger partial charge is 0.181 e. The van der Waals surface area contributed by atoms with Crippen molar-refractivity contribution in [2.45, 2.75) is 115 Å². The fraction of sp³-hybridized carbons (Fsp3) is 0.396. The molecule has 0 bridgehead atoms. The average molecular weight is 1920 g/mol. The lowest BCUT2D eigenvalue weighted by atomic mass is 9.74. The predicted molar refractivity (Wildman–Crippen MR) is 506 cm³/mol. The molecular weight excluding hydrogens is 1820 g/mol. The Morgan fingerprint density at radius 2 is 0.672 bits per heavy atom. The van der Waals surface area contributed by atoms with Crippen molar-refractivity contribution in [2.24, 2.45) is 11.8 Å². The van der Waals surface area contributed by atoms with E-state index >= 15 is 0 Å². The van der Waals surface area contributed by atoms with Gasteiger partial charge in [-0.3, -0.25) is 25.5 Å². The minimum absolute atomic E-state index is 0.0129. The molecule has 702 valence electrons. The van der Waals surface area contributed by atoms with E-state index in [0.29, 0.717) is 196 Å². The van der Waals surface area contributed by atoms with Crippen LogP contribution in [0.25, 0.3) is 112 Å². The number of nitrogens with zero attached hydrogens (tertiary/aromatic N) is 20. The molecule has 0 amide bonds. The molecule has 15 aromatic heterocycles. The van der Waals surface area contributed by atoms with Crippen molar-refractivity contribution in [3.63, 3.8) is 0 Å². The largest absolute Gasteiger partial charge is 0.395 e. The number of rotatable bonds is 17. The van der Waals surface area contributed by atoms with E-state index in [1.54, 1.807) is 81.2 Å². The van der Waals surface area contributed by atoms with Crippen LogP contribution in [-0.4, -0.2) is 262 Å². The van der Waals surface area contributed by atoms with Gasteiger partial charge >= 0.3 is 0 Å². The Hall–Kier alpha value is -11.7. The van der Waals surface area contributed by atoms with E-state index < -0.39 is 46.1 Å². The van der Waals surface area contributed by atoms with E-state index in [1.807, 2.05) is 43.9 Å². The van der Waals surface area contributed by atoms with Gasteiger partial charge < -0.3 is 66.4 Å². The lowest BCUT2D eigenvalue weighted by Gasteiger charge is -2.48. The van der Waals surface area contributed by atoms with Gasteiger partial charge in [-0.05, 0) is 143 Å². The Kier molecular flexibility index (Phi) is 28.7. The lowest BCUT2D eigenvalue weighted by molar-refractivity contribution is -0.0650. The van der Waals surface area contributed by atoms with Crippen molar-refractivity contribution in [3.05, 3.63) is 177 Å². The summed E-state index contributed by atoms with van der Waals surface area (Å²) in [5, 5.41) is 86.5. The van der Waals surface area contributed by atoms with Gasteiger partial charge in [-0.15, -0.1) is 0 Å². The Labute approximate surface area is 785 Å². The topological polar surface area (TPSA) is 409 Å². The van der Waals surface area contributed by atoms with E-state index in [-0.39, 0.29) is 80.1 Å². The first-order valence-electron chi connectivity index (χ1n) is 44.4. The molecule has 5 atom stereocenters. The molecule has 134 heavy (non-hydrogen) atoms. The molecule has 0 aromatic carbocycles. The maximum atomic E-state index is 14.7. The van der Waals surface area contributed by atoms with Gasteiger partial charge in [0.2, 0.25) is 0 Å². The first-order chi connectivity index (χ1) is 64.6. The zero-order valence-electron chi connectivity index (χ0n) is 74.0. The Morgan fingerprint density at radius 1 is 0.388 bits per heavy atom. The monoisotopic (exact) mass is 1910 g/mol. The number of aromatic amines is 5. The minimum atomic E-state index is -0.904. The van der Waals surface area contributed by atoms with Crippen molar-refractivity contribution in [2.75, 3.05) is 129 Å². The predicted octanol–water partition coefficient (Wildman–Crippen LogP) is 13.2. The lowest BCUT2D eigenvalue weighted by Crippen LogP contribution is -2.64. The molecule has 13 N–H and O–H groups in total. The highest BCUT2D eigenvalue weighted by atomic mass is 35.5. The van der Waals surface area contributed by atoms with Crippen LogP contribution < -0.4 is 51.1 Å². The molecule has 5 aliphatic heterocycles. The van der Waals surface area contributed by atoms with Crippen LogP contribution in [0.1, 0.15) is 73.6 Å². The van der Waals surface area contributed by atoms with Crippen molar-refractivity contribution in [1.29, 1.82) is 0 Å². The summed E-state index contributed by atoms with van der Waals surface area (Å²) in [4.78, 5) is 53.2. The normalized spacial score (nSPS) is 18.8. The van der Waals surface area contributed by atoms with E-state index in [1.165, 1.54) is 24.3 Å². The van der Waals surface area contributed by atoms with E-state index in [2.05, 4.69) is 160 Å². The number of pyridine rings is 10. The number of piperazine rings is 5. The first kappa shape index (κ1) is 94.1. The molecule has 0 spiro atoms. The molecule has 21 rings (SSSR count). The molecule has 1 saturated carbocycles. The third-order valence-electron chi connectivity index (χ3n) is 24.5. The number of aliphatic hydroxyl groups excluding tert-OH is 1. The zero-order chi connectivity index (χ0) is 93.8.